The maximum atomic E-state index is 11.9. The molecule has 1 aromatic carbocycles. The first-order valence-electron chi connectivity index (χ1n) is 7.00. The number of hydrogen-bond acceptors (Lipinski definition) is 4. The smallest absolute Gasteiger partial charge is 0.220 e. The molecule has 1 fully saturated rings. The molecule has 0 bridgehead atoms. The third-order valence-corrected chi connectivity index (χ3v) is 3.86. The molecule has 1 aromatic rings. The van der Waals surface area contributed by atoms with Crippen LogP contribution < -0.4 is 10.6 Å². The van der Waals surface area contributed by atoms with Gasteiger partial charge in [-0.15, -0.1) is 0 Å². The van der Waals surface area contributed by atoms with Crippen LogP contribution in [0, 0.1) is 5.92 Å². The summed E-state index contributed by atoms with van der Waals surface area (Å²) >= 11 is 5.76. The first-order valence-corrected chi connectivity index (χ1v) is 7.38. The number of benzene rings is 1. The average molecular weight is 311 g/mol. The summed E-state index contributed by atoms with van der Waals surface area (Å²) in [5, 5.41) is 16.0. The summed E-state index contributed by atoms with van der Waals surface area (Å²) in [6, 6.07) is 6.62. The molecule has 21 heavy (non-hydrogen) atoms. The molecule has 2 unspecified atom stereocenters. The first kappa shape index (κ1) is 15.9. The molecule has 0 radical (unpaired) electrons. The van der Waals surface area contributed by atoms with Crippen LogP contribution in [0.4, 0.5) is 0 Å². The van der Waals surface area contributed by atoms with Crippen LogP contribution in [0.1, 0.15) is 23.2 Å². The first-order chi connectivity index (χ1) is 10.1. The fraction of sp³-hybridized carbons (Fsp3) is 0.467. The van der Waals surface area contributed by atoms with E-state index in [2.05, 4.69) is 10.6 Å². The van der Waals surface area contributed by atoms with Gasteiger partial charge in [0.25, 0.3) is 0 Å². The lowest BCUT2D eigenvalue weighted by Crippen LogP contribution is -2.34. The topological polar surface area (TPSA) is 78.4 Å². The number of rotatable bonds is 6. The van der Waals surface area contributed by atoms with Gasteiger partial charge in [-0.2, -0.15) is 0 Å². The second-order valence-corrected chi connectivity index (χ2v) is 5.66. The van der Waals surface area contributed by atoms with E-state index in [-0.39, 0.29) is 30.4 Å². The largest absolute Gasteiger partial charge is 0.391 e. The third-order valence-electron chi connectivity index (χ3n) is 3.61. The highest BCUT2D eigenvalue weighted by Crippen LogP contribution is 2.12. The fourth-order valence-corrected chi connectivity index (χ4v) is 2.39. The van der Waals surface area contributed by atoms with Crippen molar-refractivity contribution in [1.82, 2.24) is 10.6 Å². The lowest BCUT2D eigenvalue weighted by molar-refractivity contribution is -0.121. The number of carbonyl (C=O) groups is 2. The van der Waals surface area contributed by atoms with Gasteiger partial charge in [0.05, 0.1) is 6.10 Å². The maximum Gasteiger partial charge on any atom is 0.220 e. The molecule has 6 heteroatoms. The van der Waals surface area contributed by atoms with Crippen LogP contribution in [0.3, 0.4) is 0 Å². The minimum atomic E-state index is -0.416. The Labute approximate surface area is 128 Å². The zero-order valence-electron chi connectivity index (χ0n) is 11.6. The minimum absolute atomic E-state index is 0.0425. The number of amides is 1. The summed E-state index contributed by atoms with van der Waals surface area (Å²) < 4.78 is 0. The number of nitrogens with one attached hydrogen (secondary N) is 2. The molecule has 3 N–H and O–H groups in total. The Bertz CT molecular complexity index is 504. The number of carbonyl (C=O) groups excluding carboxylic acids is 2. The van der Waals surface area contributed by atoms with E-state index in [0.717, 1.165) is 0 Å². The van der Waals surface area contributed by atoms with Gasteiger partial charge in [-0.25, -0.2) is 0 Å². The molecule has 1 aliphatic rings. The molecule has 0 saturated carbocycles. The standard InChI is InChI=1S/C15H19ClN2O3/c16-12-3-1-10(2-4-12)13(19)5-6-15(21)18-8-11-7-17-9-14(11)20/h1-4,11,14,17,20H,5-9H2,(H,18,21). The number of Topliss-reactive ketones (excluding diaryl/α,β-unsaturated/α-hetero) is 1. The Morgan fingerprint density at radius 2 is 1.95 bits per heavy atom. The van der Waals surface area contributed by atoms with Crippen molar-refractivity contribution in [1.29, 1.82) is 0 Å². The number of β-amino-alcohol motifs (C(OH)–C–C–N with tert-alkyl or cyclic N) is 1. The Balaban J connectivity index is 1.71. The highest BCUT2D eigenvalue weighted by atomic mass is 35.5. The molecule has 2 atom stereocenters. The molecule has 0 aromatic heterocycles. The number of ketones is 1. The number of hydrogen-bond donors (Lipinski definition) is 3. The van der Waals surface area contributed by atoms with E-state index in [9.17, 15) is 14.7 Å². The monoisotopic (exact) mass is 310 g/mol. The van der Waals surface area contributed by atoms with Crippen molar-refractivity contribution in [3.8, 4) is 0 Å². The molecule has 114 valence electrons. The molecule has 2 rings (SSSR count). The summed E-state index contributed by atoms with van der Waals surface area (Å²) in [7, 11) is 0. The van der Waals surface area contributed by atoms with Crippen molar-refractivity contribution in [2.75, 3.05) is 19.6 Å². The number of aliphatic hydroxyl groups is 1. The normalized spacial score (nSPS) is 21.2. The molecule has 1 saturated heterocycles. The lowest BCUT2D eigenvalue weighted by atomic mass is 10.1. The van der Waals surface area contributed by atoms with Gasteiger partial charge in [0, 0.05) is 49.0 Å². The quantitative estimate of drug-likeness (QED) is 0.685. The second kappa shape index (κ2) is 7.54. The maximum absolute atomic E-state index is 11.9. The van der Waals surface area contributed by atoms with E-state index in [0.29, 0.717) is 30.2 Å². The van der Waals surface area contributed by atoms with Crippen LogP contribution in [-0.2, 0) is 4.79 Å². The van der Waals surface area contributed by atoms with Crippen molar-refractivity contribution in [2.24, 2.45) is 5.92 Å². The van der Waals surface area contributed by atoms with Crippen LogP contribution in [0.2, 0.25) is 5.02 Å². The van der Waals surface area contributed by atoms with Crippen LogP contribution in [0.25, 0.3) is 0 Å². The Morgan fingerprint density at radius 1 is 1.24 bits per heavy atom. The molecule has 0 spiro atoms. The van der Waals surface area contributed by atoms with Crippen molar-refractivity contribution < 1.29 is 14.7 Å². The zero-order chi connectivity index (χ0) is 15.2. The molecule has 5 nitrogen and oxygen atoms in total. The average Bonchev–Trinajstić information content (AvgIpc) is 2.88. The van der Waals surface area contributed by atoms with E-state index < -0.39 is 6.10 Å². The molecular formula is C15H19ClN2O3. The van der Waals surface area contributed by atoms with E-state index in [1.165, 1.54) is 0 Å². The highest BCUT2D eigenvalue weighted by molar-refractivity contribution is 6.30. The van der Waals surface area contributed by atoms with Gasteiger partial charge in [0.2, 0.25) is 5.91 Å². The zero-order valence-corrected chi connectivity index (χ0v) is 12.4. The van der Waals surface area contributed by atoms with Gasteiger partial charge in [-0.05, 0) is 24.3 Å². The van der Waals surface area contributed by atoms with Crippen molar-refractivity contribution in [3.63, 3.8) is 0 Å². The summed E-state index contributed by atoms with van der Waals surface area (Å²) in [5.74, 6) is -0.207. The van der Waals surface area contributed by atoms with Crippen LogP contribution in [-0.4, -0.2) is 42.5 Å². The van der Waals surface area contributed by atoms with Crippen molar-refractivity contribution >= 4 is 23.3 Å². The Morgan fingerprint density at radius 3 is 2.57 bits per heavy atom. The van der Waals surface area contributed by atoms with Gasteiger partial charge in [0.1, 0.15) is 0 Å². The second-order valence-electron chi connectivity index (χ2n) is 5.22. The van der Waals surface area contributed by atoms with Crippen molar-refractivity contribution in [3.05, 3.63) is 34.9 Å². The van der Waals surface area contributed by atoms with E-state index in [4.69, 9.17) is 11.6 Å². The van der Waals surface area contributed by atoms with Gasteiger partial charge >= 0.3 is 0 Å². The third kappa shape index (κ3) is 4.81. The SMILES string of the molecule is O=C(CCC(=O)c1ccc(Cl)cc1)NCC1CNCC1O. The predicted octanol–water partition coefficient (Wildman–Crippen LogP) is 0.999. The Hall–Kier alpha value is -1.43. The van der Waals surface area contributed by atoms with E-state index in [1.54, 1.807) is 24.3 Å². The molecule has 1 aliphatic heterocycles. The summed E-state index contributed by atoms with van der Waals surface area (Å²) in [4.78, 5) is 23.6. The van der Waals surface area contributed by atoms with Crippen LogP contribution in [0.5, 0.6) is 0 Å². The highest BCUT2D eigenvalue weighted by Gasteiger charge is 2.24. The van der Waals surface area contributed by atoms with Gasteiger partial charge in [0.15, 0.2) is 5.78 Å². The fourth-order valence-electron chi connectivity index (χ4n) is 2.27. The van der Waals surface area contributed by atoms with Crippen molar-refractivity contribution in [2.45, 2.75) is 18.9 Å². The molecule has 1 heterocycles. The van der Waals surface area contributed by atoms with Crippen LogP contribution in [0.15, 0.2) is 24.3 Å². The molecule has 1 amide bonds. The predicted molar refractivity (Wildman–Crippen MR) is 80.4 cm³/mol. The minimum Gasteiger partial charge on any atom is -0.391 e. The molecule has 0 aliphatic carbocycles. The van der Waals surface area contributed by atoms with E-state index in [1.807, 2.05) is 0 Å². The Kier molecular flexibility index (Phi) is 5.73. The lowest BCUT2D eigenvalue weighted by Gasteiger charge is -2.13. The van der Waals surface area contributed by atoms with Gasteiger partial charge in [-0.1, -0.05) is 11.6 Å². The van der Waals surface area contributed by atoms with Gasteiger partial charge in [-0.3, -0.25) is 9.59 Å². The van der Waals surface area contributed by atoms with E-state index >= 15 is 0 Å². The summed E-state index contributed by atoms with van der Waals surface area (Å²) in [5.41, 5.74) is 0.558. The number of halogens is 1. The van der Waals surface area contributed by atoms with Gasteiger partial charge < -0.3 is 15.7 Å². The molecular weight excluding hydrogens is 292 g/mol. The summed E-state index contributed by atoms with van der Waals surface area (Å²) in [6.07, 6.45) is -0.0996. The summed E-state index contributed by atoms with van der Waals surface area (Å²) in [6.45, 7) is 1.70. The number of aliphatic hydroxyl groups excluding tert-OH is 1. The van der Waals surface area contributed by atoms with Crippen LogP contribution >= 0.6 is 11.6 Å².